The van der Waals surface area contributed by atoms with Gasteiger partial charge in [-0.05, 0) is 42.1 Å². The van der Waals surface area contributed by atoms with Crippen LogP contribution in [0.15, 0.2) is 58.8 Å². The topological polar surface area (TPSA) is 129 Å². The summed E-state index contributed by atoms with van der Waals surface area (Å²) >= 11 is 0.970. The van der Waals surface area contributed by atoms with Crippen molar-refractivity contribution in [3.63, 3.8) is 0 Å². The molecule has 0 unspecified atom stereocenters. The van der Waals surface area contributed by atoms with Crippen LogP contribution in [0.4, 0.5) is 24.5 Å². The van der Waals surface area contributed by atoms with Crippen molar-refractivity contribution in [3.8, 4) is 0 Å². The van der Waals surface area contributed by atoms with Gasteiger partial charge in [0.05, 0.1) is 20.9 Å². The second kappa shape index (κ2) is 9.68. The Hall–Kier alpha value is -3.94. The van der Waals surface area contributed by atoms with E-state index in [9.17, 15) is 32.9 Å². The summed E-state index contributed by atoms with van der Waals surface area (Å²) in [7, 11) is 1.66. The quantitative estimate of drug-likeness (QED) is 0.307. The number of nitro benzene ring substituents is 1. The number of ether oxygens (including phenoxy) is 1. The largest absolute Gasteiger partial charge is 0.452 e. The Bertz CT molecular complexity index is 1210. The van der Waals surface area contributed by atoms with Gasteiger partial charge < -0.3 is 14.6 Å². The van der Waals surface area contributed by atoms with Crippen LogP contribution >= 0.6 is 11.8 Å². The summed E-state index contributed by atoms with van der Waals surface area (Å²) in [6, 6.07) is 7.53. The third-order valence-electron chi connectivity index (χ3n) is 4.07. The van der Waals surface area contributed by atoms with Gasteiger partial charge in [-0.15, -0.1) is 10.2 Å². The van der Waals surface area contributed by atoms with E-state index in [1.807, 2.05) is 0 Å². The summed E-state index contributed by atoms with van der Waals surface area (Å²) in [5, 5.41) is 21.5. The van der Waals surface area contributed by atoms with Crippen LogP contribution < -0.4 is 5.32 Å². The molecule has 0 fully saturated rings. The standard InChI is InChI=1S/C19H14F3N5O5S/c1-26-10-23-25-18(26)33-15-6-5-11(7-14(15)27(30)31)17(29)32-9-16(28)24-13-4-2-3-12(8-13)19(20,21)22/h2-8,10H,9H2,1H3,(H,24,28). The van der Waals surface area contributed by atoms with Gasteiger partial charge in [0.25, 0.3) is 11.6 Å². The average molecular weight is 481 g/mol. The van der Waals surface area contributed by atoms with E-state index in [4.69, 9.17) is 4.74 Å². The Labute approximate surface area is 187 Å². The molecule has 0 radical (unpaired) electrons. The van der Waals surface area contributed by atoms with E-state index in [-0.39, 0.29) is 21.8 Å². The van der Waals surface area contributed by atoms with Crippen LogP contribution in [0.3, 0.4) is 0 Å². The maximum atomic E-state index is 12.8. The van der Waals surface area contributed by atoms with Crippen LogP contribution in [0, 0.1) is 10.1 Å². The molecule has 0 aliphatic carbocycles. The highest BCUT2D eigenvalue weighted by Gasteiger charge is 2.30. The molecule has 1 N–H and O–H groups in total. The molecule has 1 heterocycles. The highest BCUT2D eigenvalue weighted by atomic mass is 32.2. The predicted octanol–water partition coefficient (Wildman–Crippen LogP) is 3.69. The van der Waals surface area contributed by atoms with Crippen molar-refractivity contribution in [1.29, 1.82) is 0 Å². The molecule has 0 atom stereocenters. The van der Waals surface area contributed by atoms with E-state index in [1.165, 1.54) is 24.5 Å². The number of carbonyl (C=O) groups excluding carboxylic acids is 2. The Morgan fingerprint density at radius 2 is 2.00 bits per heavy atom. The summed E-state index contributed by atoms with van der Waals surface area (Å²) in [5.41, 5.74) is -1.66. The third kappa shape index (κ3) is 6.06. The monoisotopic (exact) mass is 481 g/mol. The van der Waals surface area contributed by atoms with Crippen molar-refractivity contribution < 1.29 is 32.4 Å². The molecule has 2 aromatic carbocycles. The van der Waals surface area contributed by atoms with Gasteiger partial charge in [-0.2, -0.15) is 13.2 Å². The number of benzene rings is 2. The van der Waals surface area contributed by atoms with Crippen LogP contribution in [0.2, 0.25) is 0 Å². The molecule has 10 nitrogen and oxygen atoms in total. The Morgan fingerprint density at radius 1 is 1.24 bits per heavy atom. The fourth-order valence-electron chi connectivity index (χ4n) is 2.52. The Balaban J connectivity index is 1.65. The number of aryl methyl sites for hydroxylation is 1. The molecule has 0 aliphatic rings. The molecule has 0 spiro atoms. The zero-order valence-electron chi connectivity index (χ0n) is 16.7. The number of hydrogen-bond acceptors (Lipinski definition) is 8. The highest BCUT2D eigenvalue weighted by molar-refractivity contribution is 7.99. The Kier molecular flexibility index (Phi) is 6.96. The Morgan fingerprint density at radius 3 is 2.64 bits per heavy atom. The number of nitrogens with zero attached hydrogens (tertiary/aromatic N) is 4. The van der Waals surface area contributed by atoms with Crippen molar-refractivity contribution in [1.82, 2.24) is 14.8 Å². The lowest BCUT2D eigenvalue weighted by Crippen LogP contribution is -2.21. The summed E-state index contributed by atoms with van der Waals surface area (Å²) in [5.74, 6) is -1.90. The van der Waals surface area contributed by atoms with Crippen molar-refractivity contribution >= 4 is 35.0 Å². The van der Waals surface area contributed by atoms with Gasteiger partial charge in [-0.1, -0.05) is 6.07 Å². The first kappa shape index (κ1) is 23.7. The lowest BCUT2D eigenvalue weighted by atomic mass is 10.2. The van der Waals surface area contributed by atoms with Crippen molar-refractivity contribution in [3.05, 3.63) is 70.0 Å². The van der Waals surface area contributed by atoms with Gasteiger partial charge in [0.2, 0.25) is 0 Å². The van der Waals surface area contributed by atoms with E-state index < -0.39 is 35.1 Å². The summed E-state index contributed by atoms with van der Waals surface area (Å²) in [6.07, 6.45) is -3.16. The zero-order chi connectivity index (χ0) is 24.2. The minimum atomic E-state index is -4.58. The second-order valence-corrected chi connectivity index (χ2v) is 7.48. The number of rotatable bonds is 7. The molecule has 0 aliphatic heterocycles. The predicted molar refractivity (Wildman–Crippen MR) is 109 cm³/mol. The number of nitro groups is 1. The maximum Gasteiger partial charge on any atom is 0.416 e. The average Bonchev–Trinajstić information content (AvgIpc) is 3.16. The van der Waals surface area contributed by atoms with Crippen LogP contribution in [0.25, 0.3) is 0 Å². The summed E-state index contributed by atoms with van der Waals surface area (Å²) in [6.45, 7) is -0.807. The fraction of sp³-hybridized carbons (Fsp3) is 0.158. The number of esters is 1. The normalized spacial score (nSPS) is 11.2. The molecule has 172 valence electrons. The number of halogens is 3. The van der Waals surface area contributed by atoms with E-state index >= 15 is 0 Å². The highest BCUT2D eigenvalue weighted by Crippen LogP contribution is 2.34. The lowest BCUT2D eigenvalue weighted by Gasteiger charge is -2.10. The van der Waals surface area contributed by atoms with Gasteiger partial charge >= 0.3 is 12.1 Å². The summed E-state index contributed by atoms with van der Waals surface area (Å²) in [4.78, 5) is 35.1. The maximum absolute atomic E-state index is 12.8. The molecule has 14 heteroatoms. The van der Waals surface area contributed by atoms with Crippen LogP contribution in [-0.4, -0.2) is 38.2 Å². The third-order valence-corrected chi connectivity index (χ3v) is 5.19. The molecule has 1 amide bonds. The number of carbonyl (C=O) groups is 2. The first-order valence-corrected chi connectivity index (χ1v) is 9.81. The number of aromatic nitrogens is 3. The molecule has 33 heavy (non-hydrogen) atoms. The smallest absolute Gasteiger partial charge is 0.416 e. The van der Waals surface area contributed by atoms with Crippen LogP contribution in [0.5, 0.6) is 0 Å². The van der Waals surface area contributed by atoms with Crippen molar-refractivity contribution in [2.24, 2.45) is 7.05 Å². The second-order valence-electron chi connectivity index (χ2n) is 6.47. The lowest BCUT2D eigenvalue weighted by molar-refractivity contribution is -0.387. The molecule has 0 saturated carbocycles. The number of alkyl halides is 3. The number of nitrogens with one attached hydrogen (secondary N) is 1. The molecule has 0 bridgehead atoms. The molecule has 3 rings (SSSR count). The van der Waals surface area contributed by atoms with Gasteiger partial charge in [-0.25, -0.2) is 4.79 Å². The van der Waals surface area contributed by atoms with E-state index in [2.05, 4.69) is 15.5 Å². The van der Waals surface area contributed by atoms with Gasteiger partial charge in [0, 0.05) is 18.8 Å². The number of anilines is 1. The van der Waals surface area contributed by atoms with Crippen LogP contribution in [-0.2, 0) is 22.8 Å². The van der Waals surface area contributed by atoms with Gasteiger partial charge in [-0.3, -0.25) is 14.9 Å². The summed E-state index contributed by atoms with van der Waals surface area (Å²) < 4.78 is 44.6. The van der Waals surface area contributed by atoms with E-state index in [0.29, 0.717) is 5.16 Å². The van der Waals surface area contributed by atoms with Crippen LogP contribution in [0.1, 0.15) is 15.9 Å². The molecular formula is C19H14F3N5O5S. The molecule has 0 saturated heterocycles. The van der Waals surface area contributed by atoms with Crippen molar-refractivity contribution in [2.75, 3.05) is 11.9 Å². The van der Waals surface area contributed by atoms with E-state index in [0.717, 1.165) is 36.0 Å². The number of hydrogen-bond donors (Lipinski definition) is 1. The molecular weight excluding hydrogens is 467 g/mol. The zero-order valence-corrected chi connectivity index (χ0v) is 17.5. The number of amides is 1. The van der Waals surface area contributed by atoms with Gasteiger partial charge in [0.15, 0.2) is 11.8 Å². The van der Waals surface area contributed by atoms with Crippen molar-refractivity contribution in [2.45, 2.75) is 16.2 Å². The first-order valence-electron chi connectivity index (χ1n) is 8.99. The molecule has 3 aromatic rings. The van der Waals surface area contributed by atoms with E-state index in [1.54, 1.807) is 11.6 Å². The minimum Gasteiger partial charge on any atom is -0.452 e. The first-order chi connectivity index (χ1) is 15.5. The fourth-order valence-corrected chi connectivity index (χ4v) is 3.37. The minimum absolute atomic E-state index is 0.133. The SMILES string of the molecule is Cn1cnnc1Sc1ccc(C(=O)OCC(=O)Nc2cccc(C(F)(F)F)c2)cc1[N+](=O)[O-]. The molecule has 1 aromatic heterocycles. The van der Waals surface area contributed by atoms with Gasteiger partial charge in [0.1, 0.15) is 6.33 Å².